The van der Waals surface area contributed by atoms with Gasteiger partial charge in [-0.25, -0.2) is 4.39 Å². The van der Waals surface area contributed by atoms with Crippen LogP contribution in [0.4, 0.5) is 10.2 Å². The van der Waals surface area contributed by atoms with E-state index in [0.29, 0.717) is 22.3 Å². The summed E-state index contributed by atoms with van der Waals surface area (Å²) in [5.74, 6) is 0.0827. The molecule has 0 spiro atoms. The Hall–Kier alpha value is -2.41. The Bertz CT molecular complexity index is 861. The summed E-state index contributed by atoms with van der Waals surface area (Å²) < 4.78 is 14.9. The van der Waals surface area contributed by atoms with E-state index in [-0.39, 0.29) is 23.7 Å². The molecule has 1 aliphatic rings. The molecule has 0 radical (unpaired) electrons. The van der Waals surface area contributed by atoms with Crippen molar-refractivity contribution in [3.8, 4) is 0 Å². The van der Waals surface area contributed by atoms with Gasteiger partial charge in [0, 0.05) is 25.1 Å². The van der Waals surface area contributed by atoms with Gasteiger partial charge >= 0.3 is 0 Å². The Labute approximate surface area is 142 Å². The van der Waals surface area contributed by atoms with Gasteiger partial charge in [0.15, 0.2) is 5.16 Å². The molecular weight excluding hydrogens is 329 g/mol. The minimum absolute atomic E-state index is 0.134. The third-order valence-corrected chi connectivity index (χ3v) is 4.93. The maximum Gasteiger partial charge on any atom is 0.279 e. The number of carbonyl (C=O) groups is 1. The van der Waals surface area contributed by atoms with Crippen molar-refractivity contribution in [3.63, 3.8) is 0 Å². The van der Waals surface area contributed by atoms with E-state index in [4.69, 9.17) is 0 Å². The predicted octanol–water partition coefficient (Wildman–Crippen LogP) is 2.67. The fourth-order valence-electron chi connectivity index (χ4n) is 2.78. The van der Waals surface area contributed by atoms with E-state index in [1.165, 1.54) is 23.9 Å². The number of benzene rings is 1. The molecule has 3 rings (SSSR count). The van der Waals surface area contributed by atoms with Gasteiger partial charge in [-0.2, -0.15) is 4.98 Å². The van der Waals surface area contributed by atoms with Gasteiger partial charge < -0.3 is 9.88 Å². The monoisotopic (exact) mass is 345 g/mol. The van der Waals surface area contributed by atoms with Crippen LogP contribution in [0.15, 0.2) is 46.9 Å². The molecule has 1 amide bonds. The van der Waals surface area contributed by atoms with Crippen molar-refractivity contribution in [2.24, 2.45) is 7.05 Å². The van der Waals surface area contributed by atoms with Crippen LogP contribution < -0.4 is 10.9 Å². The molecule has 124 valence electrons. The third kappa shape index (κ3) is 2.99. The predicted molar refractivity (Wildman–Crippen MR) is 91.9 cm³/mol. The molecule has 1 aromatic carbocycles. The second-order valence-corrected chi connectivity index (χ2v) is 6.46. The number of amides is 1. The summed E-state index contributed by atoms with van der Waals surface area (Å²) in [4.78, 5) is 28.8. The highest BCUT2D eigenvalue weighted by Crippen LogP contribution is 2.35. The standard InChI is InChI=1S/C17H16FN3O2S/c1-3-8-24-17-20-16(23)14-12(10-4-6-11(18)7-5-10)9-13(22)19-15(14)21(17)2/h3-7,12H,1,8-9H2,2H3,(H,19,22)/t12-/m1/s1. The topological polar surface area (TPSA) is 64.0 Å². The summed E-state index contributed by atoms with van der Waals surface area (Å²) in [6.07, 6.45) is 1.85. The summed E-state index contributed by atoms with van der Waals surface area (Å²) in [6.45, 7) is 3.65. The van der Waals surface area contributed by atoms with Crippen LogP contribution >= 0.6 is 11.8 Å². The normalized spacial score (nSPS) is 16.4. The first-order valence-corrected chi connectivity index (χ1v) is 8.39. The number of carbonyl (C=O) groups excluding carboxylic acids is 1. The van der Waals surface area contributed by atoms with Gasteiger partial charge in [0.2, 0.25) is 5.91 Å². The van der Waals surface area contributed by atoms with Crippen molar-refractivity contribution < 1.29 is 9.18 Å². The zero-order chi connectivity index (χ0) is 17.3. The molecule has 0 saturated carbocycles. The minimum atomic E-state index is -0.431. The van der Waals surface area contributed by atoms with Crippen LogP contribution in [0.25, 0.3) is 0 Å². The summed E-state index contributed by atoms with van der Waals surface area (Å²) in [7, 11) is 1.75. The van der Waals surface area contributed by atoms with Crippen molar-refractivity contribution in [2.75, 3.05) is 11.1 Å². The van der Waals surface area contributed by atoms with E-state index < -0.39 is 5.92 Å². The summed E-state index contributed by atoms with van der Waals surface area (Å²) in [6, 6.07) is 5.85. The van der Waals surface area contributed by atoms with E-state index in [1.807, 2.05) is 0 Å². The number of aromatic nitrogens is 2. The maximum absolute atomic E-state index is 13.2. The highest BCUT2D eigenvalue weighted by molar-refractivity contribution is 7.99. The highest BCUT2D eigenvalue weighted by Gasteiger charge is 2.32. The molecule has 0 fully saturated rings. The van der Waals surface area contributed by atoms with E-state index in [1.54, 1.807) is 29.8 Å². The summed E-state index contributed by atoms with van der Waals surface area (Å²) >= 11 is 1.37. The molecule has 2 aromatic rings. The summed E-state index contributed by atoms with van der Waals surface area (Å²) in [5.41, 5.74) is 0.786. The number of hydrogen-bond donors (Lipinski definition) is 1. The molecule has 0 saturated heterocycles. The quantitative estimate of drug-likeness (QED) is 0.526. The number of nitrogens with zero attached hydrogens (tertiary/aromatic N) is 2. The van der Waals surface area contributed by atoms with Crippen LogP contribution in [0, 0.1) is 5.82 Å². The molecular formula is C17H16FN3O2S. The van der Waals surface area contributed by atoms with E-state index >= 15 is 0 Å². The molecule has 1 atom stereocenters. The first-order valence-electron chi connectivity index (χ1n) is 7.41. The average molecular weight is 345 g/mol. The molecule has 1 N–H and O–H groups in total. The number of anilines is 1. The van der Waals surface area contributed by atoms with Crippen molar-refractivity contribution in [1.82, 2.24) is 9.55 Å². The number of nitrogens with one attached hydrogen (secondary N) is 1. The molecule has 5 nitrogen and oxygen atoms in total. The Morgan fingerprint density at radius 3 is 2.79 bits per heavy atom. The van der Waals surface area contributed by atoms with E-state index in [0.717, 1.165) is 5.56 Å². The van der Waals surface area contributed by atoms with Gasteiger partial charge in [0.1, 0.15) is 11.6 Å². The second-order valence-electron chi connectivity index (χ2n) is 5.48. The first kappa shape index (κ1) is 16.4. The SMILES string of the molecule is C=CCSc1nc(=O)c2c(n1C)NC(=O)C[C@@H]2c1ccc(F)cc1. The van der Waals surface area contributed by atoms with Gasteiger partial charge in [-0.05, 0) is 17.7 Å². The van der Waals surface area contributed by atoms with Crippen LogP contribution in [-0.4, -0.2) is 21.2 Å². The number of halogens is 1. The molecule has 0 aliphatic carbocycles. The molecule has 0 bridgehead atoms. The molecule has 24 heavy (non-hydrogen) atoms. The van der Waals surface area contributed by atoms with Crippen LogP contribution in [0.5, 0.6) is 0 Å². The maximum atomic E-state index is 13.2. The van der Waals surface area contributed by atoms with Gasteiger partial charge in [-0.15, -0.1) is 6.58 Å². The third-order valence-electron chi connectivity index (χ3n) is 3.90. The van der Waals surface area contributed by atoms with Crippen LogP contribution in [0.1, 0.15) is 23.5 Å². The van der Waals surface area contributed by atoms with Crippen molar-refractivity contribution in [1.29, 1.82) is 0 Å². The Morgan fingerprint density at radius 2 is 2.12 bits per heavy atom. The smallest absolute Gasteiger partial charge is 0.279 e. The van der Waals surface area contributed by atoms with E-state index in [9.17, 15) is 14.0 Å². The van der Waals surface area contributed by atoms with Gasteiger partial charge in [0.25, 0.3) is 5.56 Å². The fourth-order valence-corrected chi connectivity index (χ4v) is 3.48. The Balaban J connectivity index is 2.14. The molecule has 0 unspecified atom stereocenters. The van der Waals surface area contributed by atoms with Crippen molar-refractivity contribution >= 4 is 23.5 Å². The number of hydrogen-bond acceptors (Lipinski definition) is 4. The van der Waals surface area contributed by atoms with Gasteiger partial charge in [-0.1, -0.05) is 30.0 Å². The zero-order valence-corrected chi connectivity index (χ0v) is 13.9. The number of fused-ring (bicyclic) bond motifs is 1. The zero-order valence-electron chi connectivity index (χ0n) is 13.1. The van der Waals surface area contributed by atoms with Crippen molar-refractivity contribution in [3.05, 3.63) is 64.2 Å². The van der Waals surface area contributed by atoms with Crippen LogP contribution in [0.2, 0.25) is 0 Å². The Kier molecular flexibility index (Phi) is 4.53. The fraction of sp³-hybridized carbons (Fsp3) is 0.235. The molecule has 7 heteroatoms. The van der Waals surface area contributed by atoms with Gasteiger partial charge in [-0.3, -0.25) is 9.59 Å². The lowest BCUT2D eigenvalue weighted by molar-refractivity contribution is -0.116. The number of thioether (sulfide) groups is 1. The molecule has 2 heterocycles. The minimum Gasteiger partial charge on any atom is -0.312 e. The molecule has 1 aliphatic heterocycles. The second kappa shape index (κ2) is 6.60. The largest absolute Gasteiger partial charge is 0.312 e. The van der Waals surface area contributed by atoms with E-state index in [2.05, 4.69) is 16.9 Å². The van der Waals surface area contributed by atoms with Crippen LogP contribution in [-0.2, 0) is 11.8 Å². The number of rotatable bonds is 4. The van der Waals surface area contributed by atoms with Gasteiger partial charge in [0.05, 0.1) is 5.56 Å². The summed E-state index contributed by atoms with van der Waals surface area (Å²) in [5, 5.41) is 3.28. The van der Waals surface area contributed by atoms with Crippen molar-refractivity contribution in [2.45, 2.75) is 17.5 Å². The lowest BCUT2D eigenvalue weighted by Crippen LogP contribution is -2.33. The lowest BCUT2D eigenvalue weighted by Gasteiger charge is -2.27. The average Bonchev–Trinajstić information content (AvgIpc) is 2.56. The first-order chi connectivity index (χ1) is 11.5. The van der Waals surface area contributed by atoms with Crippen LogP contribution in [0.3, 0.4) is 0 Å². The Morgan fingerprint density at radius 1 is 1.42 bits per heavy atom. The molecule has 1 aromatic heterocycles. The lowest BCUT2D eigenvalue weighted by atomic mass is 9.87. The highest BCUT2D eigenvalue weighted by atomic mass is 32.2.